The molecule has 1 aromatic carbocycles. The molecule has 0 spiro atoms. The van der Waals surface area contributed by atoms with Crippen molar-refractivity contribution in [2.24, 2.45) is 0 Å². The maximum Gasteiger partial charge on any atom is 0.514 e. The summed E-state index contributed by atoms with van der Waals surface area (Å²) >= 11 is 0. The average molecular weight is 616 g/mol. The summed E-state index contributed by atoms with van der Waals surface area (Å²) < 4.78 is 178. The molecule has 0 saturated carbocycles. The minimum absolute atomic E-state index is 0.0138. The summed E-state index contributed by atoms with van der Waals surface area (Å²) in [5.41, 5.74) is -2.87. The van der Waals surface area contributed by atoms with E-state index in [1.165, 1.54) is 13.8 Å². The third-order valence-corrected chi connectivity index (χ3v) is 5.19. The molecule has 1 rings (SSSR count). The first kappa shape index (κ1) is 34.4. The maximum atomic E-state index is 13.8. The van der Waals surface area contributed by atoms with E-state index in [0.717, 1.165) is 0 Å². The minimum atomic E-state index is -8.17. The van der Waals surface area contributed by atoms with E-state index in [9.17, 15) is 82.1 Å². The Labute approximate surface area is 212 Å². The molecule has 0 amide bonds. The molecule has 0 heterocycles. The predicted molar refractivity (Wildman–Crippen MR) is 101 cm³/mol. The van der Waals surface area contributed by atoms with Gasteiger partial charge in [-0.05, 0) is 12.3 Å². The average Bonchev–Trinajstić information content (AvgIpc) is 2.80. The molecule has 0 radical (unpaired) electrons. The molecule has 40 heavy (non-hydrogen) atoms. The van der Waals surface area contributed by atoms with Crippen molar-refractivity contribution in [1.29, 1.82) is 0 Å². The number of benzene rings is 1. The van der Waals surface area contributed by atoms with Crippen molar-refractivity contribution in [3.05, 3.63) is 37.9 Å². The van der Waals surface area contributed by atoms with E-state index in [4.69, 9.17) is 0 Å². The number of ether oxygens (including phenoxy) is 2. The number of alkyl halides is 13. The van der Waals surface area contributed by atoms with Gasteiger partial charge in [0.25, 0.3) is 5.69 Å². The van der Waals surface area contributed by atoms with Gasteiger partial charge in [0.2, 0.25) is 5.75 Å². The van der Waals surface area contributed by atoms with E-state index in [-0.39, 0.29) is 12.5 Å². The summed E-state index contributed by atoms with van der Waals surface area (Å²) in [6.45, 7) is -0.769. The molecule has 0 aliphatic heterocycles. The van der Waals surface area contributed by atoms with Crippen molar-refractivity contribution in [1.82, 2.24) is 0 Å². The number of carbonyl (C=O) groups excluding carboxylic acids is 1. The zero-order valence-electron chi connectivity index (χ0n) is 19.3. The van der Waals surface area contributed by atoms with Gasteiger partial charge in [-0.1, -0.05) is 13.8 Å². The summed E-state index contributed by atoms with van der Waals surface area (Å²) in [4.78, 5) is 31.6. The van der Waals surface area contributed by atoms with Gasteiger partial charge in [-0.15, -0.1) is 0 Å². The second-order valence-electron chi connectivity index (χ2n) is 7.85. The van der Waals surface area contributed by atoms with Crippen LogP contribution in [0.25, 0.3) is 0 Å². The van der Waals surface area contributed by atoms with Crippen LogP contribution in [-0.2, 0) is 4.74 Å². The van der Waals surface area contributed by atoms with E-state index < -0.39 is 87.0 Å². The van der Waals surface area contributed by atoms with E-state index in [1.54, 1.807) is 0 Å². The first-order valence-electron chi connectivity index (χ1n) is 9.98. The van der Waals surface area contributed by atoms with Crippen LogP contribution < -0.4 is 4.74 Å². The Morgan fingerprint density at radius 2 is 1.30 bits per heavy atom. The van der Waals surface area contributed by atoms with Gasteiger partial charge in [0.05, 0.1) is 15.9 Å². The molecule has 0 aliphatic carbocycles. The van der Waals surface area contributed by atoms with Gasteiger partial charge in [-0.2, -0.15) is 57.1 Å². The smallest absolute Gasteiger partial charge is 0.427 e. The van der Waals surface area contributed by atoms with Gasteiger partial charge in [0.15, 0.2) is 6.61 Å². The molecule has 0 N–H and O–H groups in total. The first-order valence-corrected chi connectivity index (χ1v) is 9.98. The largest absolute Gasteiger partial charge is 0.514 e. The highest BCUT2D eigenvalue weighted by Gasteiger charge is 2.90. The van der Waals surface area contributed by atoms with Crippen LogP contribution in [0.2, 0.25) is 0 Å². The number of nitro groups is 2. The summed E-state index contributed by atoms with van der Waals surface area (Å²) in [5, 5.41) is 22.3. The molecule has 0 bridgehead atoms. The first-order chi connectivity index (χ1) is 17.7. The SMILES string of the molecule is CCC(C)c1cc([N+](=O)[O-])cc([N+](=O)[O-])c1OC(=O)OCC(F)(F)C(F)(F)C(F)(F)C(F)(F)C(F)(F)C(F)(F)F. The normalized spacial score (nSPS) is 14.5. The highest BCUT2D eigenvalue weighted by Crippen LogP contribution is 2.60. The summed E-state index contributed by atoms with van der Waals surface area (Å²) in [5.74, 6) is -41.0. The molecule has 9 nitrogen and oxygen atoms in total. The van der Waals surface area contributed by atoms with Crippen LogP contribution in [-0.4, -0.2) is 58.4 Å². The highest BCUT2D eigenvalue weighted by molar-refractivity contribution is 5.70. The van der Waals surface area contributed by atoms with Crippen molar-refractivity contribution in [2.75, 3.05) is 6.61 Å². The second kappa shape index (κ2) is 10.7. The predicted octanol–water partition coefficient (Wildman–Crippen LogP) is 7.27. The highest BCUT2D eigenvalue weighted by atomic mass is 19.4. The van der Waals surface area contributed by atoms with Crippen LogP contribution in [0.3, 0.4) is 0 Å². The van der Waals surface area contributed by atoms with Gasteiger partial charge in [-0.3, -0.25) is 20.2 Å². The fraction of sp³-hybridized carbons (Fsp3) is 0.611. The standard InChI is InChI=1S/C18H13F13N2O7/c1-3-7(2)9-4-8(32(35)36)5-10(33(37)38)11(9)40-12(34)39-6-13(19,20)14(21,22)15(23,24)16(25,26)17(27,28)18(29,30)31/h4-5,7H,3,6H2,1-2H3. The summed E-state index contributed by atoms with van der Waals surface area (Å²) in [7, 11) is 0. The molecule has 1 atom stereocenters. The van der Waals surface area contributed by atoms with E-state index >= 15 is 0 Å². The fourth-order valence-electron chi connectivity index (χ4n) is 2.71. The van der Waals surface area contributed by atoms with Crippen LogP contribution in [0.4, 0.5) is 73.2 Å². The topological polar surface area (TPSA) is 122 Å². The Bertz CT molecular complexity index is 1160. The van der Waals surface area contributed by atoms with Gasteiger partial charge >= 0.3 is 47.6 Å². The number of halogens is 13. The second-order valence-corrected chi connectivity index (χ2v) is 7.85. The molecular weight excluding hydrogens is 603 g/mol. The number of carbonyl (C=O) groups is 1. The Morgan fingerprint density at radius 1 is 0.825 bits per heavy atom. The third-order valence-electron chi connectivity index (χ3n) is 5.19. The maximum absolute atomic E-state index is 13.8. The Kier molecular flexibility index (Phi) is 9.24. The van der Waals surface area contributed by atoms with E-state index in [1.807, 2.05) is 0 Å². The van der Waals surface area contributed by atoms with Crippen LogP contribution >= 0.6 is 0 Å². The molecule has 22 heteroatoms. The number of nitro benzene ring substituents is 2. The molecule has 0 aromatic heterocycles. The van der Waals surface area contributed by atoms with Crippen molar-refractivity contribution in [2.45, 2.75) is 62.0 Å². The van der Waals surface area contributed by atoms with Gasteiger partial charge < -0.3 is 9.47 Å². The molecule has 228 valence electrons. The lowest BCUT2D eigenvalue weighted by Crippen LogP contribution is -2.70. The number of hydrogen-bond acceptors (Lipinski definition) is 7. The summed E-state index contributed by atoms with van der Waals surface area (Å²) in [6, 6.07) is 0.802. The molecular formula is C18H13F13N2O7. The van der Waals surface area contributed by atoms with Crippen molar-refractivity contribution in [3.63, 3.8) is 0 Å². The molecule has 1 aromatic rings. The van der Waals surface area contributed by atoms with Crippen LogP contribution in [0, 0.1) is 20.2 Å². The van der Waals surface area contributed by atoms with E-state index in [2.05, 4.69) is 9.47 Å². The number of non-ortho nitro benzene ring substituents is 1. The lowest BCUT2D eigenvalue weighted by Gasteiger charge is -2.39. The Morgan fingerprint density at radius 3 is 1.70 bits per heavy atom. The van der Waals surface area contributed by atoms with Crippen LogP contribution in [0.1, 0.15) is 31.7 Å². The molecule has 1 unspecified atom stereocenters. The minimum Gasteiger partial charge on any atom is -0.427 e. The monoisotopic (exact) mass is 616 g/mol. The Hall–Kier alpha value is -3.62. The van der Waals surface area contributed by atoms with Gasteiger partial charge in [0.1, 0.15) is 0 Å². The number of rotatable bonds is 11. The van der Waals surface area contributed by atoms with Crippen molar-refractivity contribution < 1.29 is 81.2 Å². The van der Waals surface area contributed by atoms with Gasteiger partial charge in [-0.25, -0.2) is 4.79 Å². The molecule has 0 saturated heterocycles. The van der Waals surface area contributed by atoms with Crippen molar-refractivity contribution >= 4 is 17.5 Å². The van der Waals surface area contributed by atoms with Crippen LogP contribution in [0.15, 0.2) is 12.1 Å². The van der Waals surface area contributed by atoms with Crippen LogP contribution in [0.5, 0.6) is 5.75 Å². The quantitative estimate of drug-likeness (QED) is 0.0843. The zero-order chi connectivity index (χ0) is 31.9. The molecule has 0 fully saturated rings. The zero-order valence-corrected chi connectivity index (χ0v) is 19.3. The van der Waals surface area contributed by atoms with Gasteiger partial charge in [0, 0.05) is 11.6 Å². The Balaban J connectivity index is 3.39. The lowest BCUT2D eigenvalue weighted by atomic mass is 9.94. The number of hydrogen-bond donors (Lipinski definition) is 0. The summed E-state index contributed by atoms with van der Waals surface area (Å²) in [6.07, 6.45) is -10.3. The lowest BCUT2D eigenvalue weighted by molar-refractivity contribution is -0.441. The fourth-order valence-corrected chi connectivity index (χ4v) is 2.71. The third kappa shape index (κ3) is 5.78. The number of nitrogens with zero attached hydrogens (tertiary/aromatic N) is 2. The molecule has 0 aliphatic rings. The van der Waals surface area contributed by atoms with E-state index in [0.29, 0.717) is 6.07 Å². The van der Waals surface area contributed by atoms with Crippen molar-refractivity contribution in [3.8, 4) is 5.75 Å².